The van der Waals surface area contributed by atoms with Gasteiger partial charge in [-0.05, 0) is 50.0 Å². The molecule has 0 radical (unpaired) electrons. The Labute approximate surface area is 109 Å². The number of carboxylic acids is 1. The summed E-state index contributed by atoms with van der Waals surface area (Å²) >= 11 is 0. The molecule has 1 fully saturated rings. The van der Waals surface area contributed by atoms with Crippen LogP contribution in [0.15, 0.2) is 30.3 Å². The smallest absolute Gasteiger partial charge is 0.309 e. The highest BCUT2D eigenvalue weighted by atomic mass is 16.4. The van der Waals surface area contributed by atoms with E-state index in [1.165, 1.54) is 5.56 Å². The van der Waals surface area contributed by atoms with E-state index in [0.717, 1.165) is 38.5 Å². The maximum Gasteiger partial charge on any atom is 0.309 e. The maximum atomic E-state index is 11.6. The molecule has 1 aromatic carbocycles. The predicted molar refractivity (Wildman–Crippen MR) is 72.5 cm³/mol. The van der Waals surface area contributed by atoms with Crippen molar-refractivity contribution in [1.82, 2.24) is 0 Å². The molecule has 2 nitrogen and oxygen atoms in total. The van der Waals surface area contributed by atoms with E-state index in [1.807, 2.05) is 18.2 Å². The van der Waals surface area contributed by atoms with Crippen molar-refractivity contribution in [2.45, 2.75) is 45.4 Å². The van der Waals surface area contributed by atoms with Crippen molar-refractivity contribution in [3.8, 4) is 0 Å². The Balaban J connectivity index is 2.01. The number of rotatable bonds is 4. The Morgan fingerprint density at radius 3 is 2.44 bits per heavy atom. The summed E-state index contributed by atoms with van der Waals surface area (Å²) in [6, 6.07) is 10.2. The molecule has 0 saturated heterocycles. The molecule has 0 aliphatic heterocycles. The minimum absolute atomic E-state index is 0.470. The molecule has 18 heavy (non-hydrogen) atoms. The van der Waals surface area contributed by atoms with Crippen molar-refractivity contribution >= 4 is 5.97 Å². The standard InChI is InChI=1S/C16H22O2/c1-13-7-10-16(11-8-13,15(17)18)12-9-14-5-3-2-4-6-14/h2-6,13H,7-12H2,1H3,(H,17,18). The number of carbonyl (C=O) groups is 1. The van der Waals surface area contributed by atoms with Crippen molar-refractivity contribution in [1.29, 1.82) is 0 Å². The van der Waals surface area contributed by atoms with Gasteiger partial charge in [0.05, 0.1) is 5.41 Å². The average Bonchev–Trinajstić information content (AvgIpc) is 2.39. The Kier molecular flexibility index (Phi) is 4.05. The predicted octanol–water partition coefficient (Wildman–Crippen LogP) is 3.90. The van der Waals surface area contributed by atoms with E-state index in [4.69, 9.17) is 0 Å². The van der Waals surface area contributed by atoms with Crippen LogP contribution in [0.1, 0.15) is 44.6 Å². The van der Waals surface area contributed by atoms with E-state index in [9.17, 15) is 9.90 Å². The second-order valence-electron chi connectivity index (χ2n) is 5.75. The van der Waals surface area contributed by atoms with Gasteiger partial charge < -0.3 is 5.11 Å². The number of aryl methyl sites for hydroxylation is 1. The molecule has 2 heteroatoms. The lowest BCUT2D eigenvalue weighted by molar-refractivity contribution is -0.152. The minimum Gasteiger partial charge on any atom is -0.481 e. The van der Waals surface area contributed by atoms with Crippen LogP contribution in [0.25, 0.3) is 0 Å². The SMILES string of the molecule is CC1CCC(CCc2ccccc2)(C(=O)O)CC1. The molecule has 0 heterocycles. The van der Waals surface area contributed by atoms with Gasteiger partial charge in [-0.3, -0.25) is 4.79 Å². The number of hydrogen-bond acceptors (Lipinski definition) is 1. The molecule has 0 aromatic heterocycles. The summed E-state index contributed by atoms with van der Waals surface area (Å²) in [7, 11) is 0. The molecule has 0 unspecified atom stereocenters. The van der Waals surface area contributed by atoms with E-state index < -0.39 is 11.4 Å². The zero-order chi connectivity index (χ0) is 13.0. The van der Waals surface area contributed by atoms with Crippen molar-refractivity contribution in [2.75, 3.05) is 0 Å². The lowest BCUT2D eigenvalue weighted by Gasteiger charge is -2.35. The monoisotopic (exact) mass is 246 g/mol. The van der Waals surface area contributed by atoms with Crippen LogP contribution in [0.3, 0.4) is 0 Å². The molecule has 0 amide bonds. The molecule has 0 atom stereocenters. The summed E-state index contributed by atoms with van der Waals surface area (Å²) in [5.41, 5.74) is 0.777. The number of benzene rings is 1. The fraction of sp³-hybridized carbons (Fsp3) is 0.562. The quantitative estimate of drug-likeness (QED) is 0.874. The van der Waals surface area contributed by atoms with Crippen molar-refractivity contribution in [2.24, 2.45) is 11.3 Å². The van der Waals surface area contributed by atoms with Gasteiger partial charge in [0.15, 0.2) is 0 Å². The second-order valence-corrected chi connectivity index (χ2v) is 5.75. The summed E-state index contributed by atoms with van der Waals surface area (Å²) in [5.74, 6) is 0.0968. The molecule has 98 valence electrons. The van der Waals surface area contributed by atoms with E-state index in [2.05, 4.69) is 19.1 Å². The van der Waals surface area contributed by atoms with Gasteiger partial charge in [0.1, 0.15) is 0 Å². The first-order chi connectivity index (χ1) is 8.62. The highest BCUT2D eigenvalue weighted by Crippen LogP contribution is 2.42. The summed E-state index contributed by atoms with van der Waals surface area (Å²) in [4.78, 5) is 11.6. The van der Waals surface area contributed by atoms with Gasteiger partial charge in [0.25, 0.3) is 0 Å². The zero-order valence-corrected chi connectivity index (χ0v) is 11.1. The van der Waals surface area contributed by atoms with Gasteiger partial charge in [-0.2, -0.15) is 0 Å². The molecule has 1 aliphatic rings. The second kappa shape index (κ2) is 5.55. The van der Waals surface area contributed by atoms with Crippen LogP contribution in [-0.2, 0) is 11.2 Å². The summed E-state index contributed by atoms with van der Waals surface area (Å²) < 4.78 is 0. The largest absolute Gasteiger partial charge is 0.481 e. The van der Waals surface area contributed by atoms with Crippen LogP contribution in [0.5, 0.6) is 0 Å². The van der Waals surface area contributed by atoms with Gasteiger partial charge in [-0.15, -0.1) is 0 Å². The molecule has 1 N–H and O–H groups in total. The van der Waals surface area contributed by atoms with Crippen LogP contribution in [0.4, 0.5) is 0 Å². The lowest BCUT2D eigenvalue weighted by Crippen LogP contribution is -2.35. The Morgan fingerprint density at radius 2 is 1.89 bits per heavy atom. The van der Waals surface area contributed by atoms with Crippen molar-refractivity contribution < 1.29 is 9.90 Å². The van der Waals surface area contributed by atoms with Gasteiger partial charge in [-0.1, -0.05) is 37.3 Å². The molecule has 0 spiro atoms. The molecular formula is C16H22O2. The molecule has 2 rings (SSSR count). The number of carboxylic acid groups (broad SMARTS) is 1. The minimum atomic E-state index is -0.592. The van der Waals surface area contributed by atoms with Crippen LogP contribution in [0.2, 0.25) is 0 Å². The summed E-state index contributed by atoms with van der Waals surface area (Å²) in [6.45, 7) is 2.23. The highest BCUT2D eigenvalue weighted by molar-refractivity contribution is 5.74. The summed E-state index contributed by atoms with van der Waals surface area (Å²) in [6.07, 6.45) is 5.45. The third-order valence-corrected chi connectivity index (χ3v) is 4.42. The van der Waals surface area contributed by atoms with Crippen LogP contribution in [-0.4, -0.2) is 11.1 Å². The highest BCUT2D eigenvalue weighted by Gasteiger charge is 2.40. The number of aliphatic carboxylic acids is 1. The van der Waals surface area contributed by atoms with Gasteiger partial charge in [-0.25, -0.2) is 0 Å². The molecular weight excluding hydrogens is 224 g/mol. The topological polar surface area (TPSA) is 37.3 Å². The van der Waals surface area contributed by atoms with E-state index in [0.29, 0.717) is 5.92 Å². The van der Waals surface area contributed by atoms with Gasteiger partial charge in [0.2, 0.25) is 0 Å². The molecule has 0 bridgehead atoms. The first-order valence-electron chi connectivity index (χ1n) is 6.90. The fourth-order valence-electron chi connectivity index (χ4n) is 2.91. The van der Waals surface area contributed by atoms with E-state index in [-0.39, 0.29) is 0 Å². The van der Waals surface area contributed by atoms with E-state index >= 15 is 0 Å². The van der Waals surface area contributed by atoms with Gasteiger partial charge >= 0.3 is 5.97 Å². The van der Waals surface area contributed by atoms with Crippen molar-refractivity contribution in [3.05, 3.63) is 35.9 Å². The Hall–Kier alpha value is -1.31. The Bertz CT molecular complexity index is 389. The lowest BCUT2D eigenvalue weighted by atomic mass is 9.68. The van der Waals surface area contributed by atoms with Gasteiger partial charge in [0, 0.05) is 0 Å². The molecule has 1 saturated carbocycles. The Morgan fingerprint density at radius 1 is 1.28 bits per heavy atom. The zero-order valence-electron chi connectivity index (χ0n) is 11.1. The third kappa shape index (κ3) is 2.92. The van der Waals surface area contributed by atoms with Crippen molar-refractivity contribution in [3.63, 3.8) is 0 Å². The third-order valence-electron chi connectivity index (χ3n) is 4.42. The molecule has 1 aromatic rings. The maximum absolute atomic E-state index is 11.6. The first-order valence-corrected chi connectivity index (χ1v) is 6.90. The first kappa shape index (κ1) is 13.1. The van der Waals surface area contributed by atoms with Crippen LogP contribution >= 0.6 is 0 Å². The fourth-order valence-corrected chi connectivity index (χ4v) is 2.91. The van der Waals surface area contributed by atoms with Crippen LogP contribution < -0.4 is 0 Å². The van der Waals surface area contributed by atoms with Crippen LogP contribution in [0, 0.1) is 11.3 Å². The van der Waals surface area contributed by atoms with E-state index in [1.54, 1.807) is 0 Å². The molecule has 1 aliphatic carbocycles. The summed E-state index contributed by atoms with van der Waals surface area (Å²) in [5, 5.41) is 9.55. The normalized spacial score (nSPS) is 27.9. The number of hydrogen-bond donors (Lipinski definition) is 1. The average molecular weight is 246 g/mol.